The number of hydrogen-bond donors (Lipinski definition) is 1. The average molecular weight is 260 g/mol. The van der Waals surface area contributed by atoms with E-state index < -0.39 is 5.82 Å². The summed E-state index contributed by atoms with van der Waals surface area (Å²) in [6.45, 7) is 2.91. The molecule has 1 aromatic carbocycles. The van der Waals surface area contributed by atoms with Crippen molar-refractivity contribution in [1.29, 1.82) is 0 Å². The number of halogens is 2. The van der Waals surface area contributed by atoms with Crippen molar-refractivity contribution in [2.45, 2.75) is 13.3 Å². The molecule has 0 saturated heterocycles. The van der Waals surface area contributed by atoms with Gasteiger partial charge >= 0.3 is 0 Å². The van der Waals surface area contributed by atoms with E-state index in [-0.39, 0.29) is 17.2 Å². The van der Waals surface area contributed by atoms with Crippen LogP contribution >= 0.6 is 11.6 Å². The van der Waals surface area contributed by atoms with E-state index in [4.69, 9.17) is 11.6 Å². The Kier molecular flexibility index (Phi) is 5.22. The zero-order chi connectivity index (χ0) is 12.8. The minimum atomic E-state index is -0.571. The summed E-state index contributed by atoms with van der Waals surface area (Å²) in [6, 6.07) is 3.36. The highest BCUT2D eigenvalue weighted by atomic mass is 35.5. The van der Waals surface area contributed by atoms with Crippen molar-refractivity contribution < 1.29 is 14.3 Å². The minimum absolute atomic E-state index is 0.102. The van der Waals surface area contributed by atoms with Crippen LogP contribution < -0.4 is 0 Å². The summed E-state index contributed by atoms with van der Waals surface area (Å²) >= 11 is 5.61. The van der Waals surface area contributed by atoms with Crippen molar-refractivity contribution in [1.82, 2.24) is 4.90 Å². The van der Waals surface area contributed by atoms with Crippen LogP contribution in [0.25, 0.3) is 0 Å². The molecule has 1 amide bonds. The van der Waals surface area contributed by atoms with Gasteiger partial charge in [-0.1, -0.05) is 6.92 Å². The fourth-order valence-electron chi connectivity index (χ4n) is 1.54. The third-order valence-corrected chi connectivity index (χ3v) is 2.49. The summed E-state index contributed by atoms with van der Waals surface area (Å²) in [5, 5.41) is 9.53. The lowest BCUT2D eigenvalue weighted by Gasteiger charge is -2.21. The molecule has 0 heterocycles. The molecule has 0 spiro atoms. The van der Waals surface area contributed by atoms with Gasteiger partial charge in [0.15, 0.2) is 0 Å². The SMILES string of the molecule is CCCN(CCCl)C(=O)c1ccc(F)cc1O. The lowest BCUT2D eigenvalue weighted by molar-refractivity contribution is 0.0762. The Labute approximate surface area is 105 Å². The van der Waals surface area contributed by atoms with Crippen molar-refractivity contribution in [3.8, 4) is 5.75 Å². The maximum absolute atomic E-state index is 12.8. The van der Waals surface area contributed by atoms with Crippen LogP contribution in [0, 0.1) is 5.82 Å². The number of hydrogen-bond acceptors (Lipinski definition) is 2. The molecule has 94 valence electrons. The highest BCUT2D eigenvalue weighted by Gasteiger charge is 2.18. The van der Waals surface area contributed by atoms with Crippen LogP contribution in [0.5, 0.6) is 5.75 Å². The Morgan fingerprint density at radius 2 is 2.18 bits per heavy atom. The fraction of sp³-hybridized carbons (Fsp3) is 0.417. The van der Waals surface area contributed by atoms with Gasteiger partial charge < -0.3 is 10.0 Å². The third-order valence-electron chi connectivity index (χ3n) is 2.33. The molecule has 0 aliphatic rings. The molecule has 0 aliphatic carbocycles. The second-order valence-electron chi connectivity index (χ2n) is 3.64. The summed E-state index contributed by atoms with van der Waals surface area (Å²) in [5.74, 6) is -0.914. The number of amides is 1. The number of rotatable bonds is 5. The molecule has 0 aromatic heterocycles. The highest BCUT2D eigenvalue weighted by molar-refractivity contribution is 6.18. The smallest absolute Gasteiger partial charge is 0.257 e. The molecule has 0 aliphatic heterocycles. The van der Waals surface area contributed by atoms with Crippen molar-refractivity contribution in [2.75, 3.05) is 19.0 Å². The van der Waals surface area contributed by atoms with Gasteiger partial charge in [-0.05, 0) is 18.6 Å². The van der Waals surface area contributed by atoms with Crippen LogP contribution in [0.4, 0.5) is 4.39 Å². The minimum Gasteiger partial charge on any atom is -0.507 e. The summed E-state index contributed by atoms with van der Waals surface area (Å²) < 4.78 is 12.8. The van der Waals surface area contributed by atoms with E-state index in [0.717, 1.165) is 18.6 Å². The average Bonchev–Trinajstić information content (AvgIpc) is 2.28. The number of carbonyl (C=O) groups excluding carboxylic acids is 1. The van der Waals surface area contributed by atoms with Crippen molar-refractivity contribution in [2.24, 2.45) is 0 Å². The number of nitrogens with zero attached hydrogens (tertiary/aromatic N) is 1. The molecule has 0 bridgehead atoms. The van der Waals surface area contributed by atoms with Gasteiger partial charge in [0.25, 0.3) is 5.91 Å². The first-order chi connectivity index (χ1) is 8.10. The normalized spacial score (nSPS) is 10.3. The molecule has 3 nitrogen and oxygen atoms in total. The maximum Gasteiger partial charge on any atom is 0.257 e. The first kappa shape index (κ1) is 13.8. The van der Waals surface area contributed by atoms with Crippen LogP contribution in [0.2, 0.25) is 0 Å². The van der Waals surface area contributed by atoms with Crippen molar-refractivity contribution >= 4 is 17.5 Å². The molecular formula is C12H15ClFNO2. The quantitative estimate of drug-likeness (QED) is 0.826. The fourth-order valence-corrected chi connectivity index (χ4v) is 1.75. The molecule has 0 atom stereocenters. The van der Waals surface area contributed by atoms with E-state index in [1.54, 1.807) is 4.90 Å². The van der Waals surface area contributed by atoms with E-state index in [2.05, 4.69) is 0 Å². The number of phenolic OH excluding ortho intramolecular Hbond substituents is 1. The van der Waals surface area contributed by atoms with Gasteiger partial charge in [0.05, 0.1) is 5.56 Å². The summed E-state index contributed by atoms with van der Waals surface area (Å²) in [6.07, 6.45) is 0.796. The van der Waals surface area contributed by atoms with E-state index in [0.29, 0.717) is 19.0 Å². The van der Waals surface area contributed by atoms with Crippen LogP contribution in [0.15, 0.2) is 18.2 Å². The monoisotopic (exact) mass is 259 g/mol. The van der Waals surface area contributed by atoms with Gasteiger partial charge in [-0.2, -0.15) is 0 Å². The van der Waals surface area contributed by atoms with Crippen molar-refractivity contribution in [3.63, 3.8) is 0 Å². The summed E-state index contributed by atoms with van der Waals surface area (Å²) in [4.78, 5) is 13.6. The molecule has 0 unspecified atom stereocenters. The predicted octanol–water partition coefficient (Wildman–Crippen LogP) is 2.62. The Morgan fingerprint density at radius 1 is 1.47 bits per heavy atom. The summed E-state index contributed by atoms with van der Waals surface area (Å²) in [7, 11) is 0. The van der Waals surface area contributed by atoms with Crippen LogP contribution in [0.3, 0.4) is 0 Å². The van der Waals surface area contributed by atoms with E-state index in [1.165, 1.54) is 6.07 Å². The van der Waals surface area contributed by atoms with E-state index in [9.17, 15) is 14.3 Å². The van der Waals surface area contributed by atoms with Crippen LogP contribution in [-0.2, 0) is 0 Å². The molecule has 1 rings (SSSR count). The zero-order valence-corrected chi connectivity index (χ0v) is 10.4. The highest BCUT2D eigenvalue weighted by Crippen LogP contribution is 2.20. The Morgan fingerprint density at radius 3 is 2.71 bits per heavy atom. The van der Waals surface area contributed by atoms with Crippen LogP contribution in [-0.4, -0.2) is 34.9 Å². The zero-order valence-electron chi connectivity index (χ0n) is 9.62. The van der Waals surface area contributed by atoms with Gasteiger partial charge in [-0.3, -0.25) is 4.79 Å². The number of aromatic hydroxyl groups is 1. The first-order valence-corrected chi connectivity index (χ1v) is 5.97. The second kappa shape index (κ2) is 6.45. The largest absolute Gasteiger partial charge is 0.507 e. The molecule has 1 N–H and O–H groups in total. The van der Waals surface area contributed by atoms with Gasteiger partial charge in [-0.15, -0.1) is 11.6 Å². The maximum atomic E-state index is 12.8. The topological polar surface area (TPSA) is 40.5 Å². The Hall–Kier alpha value is -1.29. The van der Waals surface area contributed by atoms with E-state index >= 15 is 0 Å². The molecule has 0 radical (unpaired) electrons. The number of alkyl halides is 1. The van der Waals surface area contributed by atoms with Crippen molar-refractivity contribution in [3.05, 3.63) is 29.6 Å². The molecule has 1 aromatic rings. The Bertz CT molecular complexity index is 392. The van der Waals surface area contributed by atoms with Gasteiger partial charge in [0.2, 0.25) is 0 Å². The number of carbonyl (C=O) groups is 1. The predicted molar refractivity (Wildman–Crippen MR) is 65.0 cm³/mol. The Balaban J connectivity index is 2.92. The molecule has 5 heteroatoms. The standard InChI is InChI=1S/C12H15ClFNO2/c1-2-6-15(7-5-13)12(17)10-4-3-9(14)8-11(10)16/h3-4,8,16H,2,5-7H2,1H3. The second-order valence-corrected chi connectivity index (χ2v) is 4.02. The van der Waals surface area contributed by atoms with Gasteiger partial charge in [-0.25, -0.2) is 4.39 Å². The lowest BCUT2D eigenvalue weighted by Crippen LogP contribution is -2.33. The molecule has 0 fully saturated rings. The molecule has 17 heavy (non-hydrogen) atoms. The first-order valence-electron chi connectivity index (χ1n) is 5.44. The van der Waals surface area contributed by atoms with E-state index in [1.807, 2.05) is 6.92 Å². The van der Waals surface area contributed by atoms with Gasteiger partial charge in [0.1, 0.15) is 11.6 Å². The van der Waals surface area contributed by atoms with Crippen LogP contribution in [0.1, 0.15) is 23.7 Å². The number of benzene rings is 1. The molecule has 0 saturated carbocycles. The van der Waals surface area contributed by atoms with Gasteiger partial charge in [0, 0.05) is 25.0 Å². The summed E-state index contributed by atoms with van der Waals surface area (Å²) in [5.41, 5.74) is 0.102. The lowest BCUT2D eigenvalue weighted by atomic mass is 10.1. The molecular weight excluding hydrogens is 245 g/mol. The number of phenols is 1. The third kappa shape index (κ3) is 3.60.